The molecule has 6 unspecified atom stereocenters. The van der Waals surface area contributed by atoms with Crippen LogP contribution in [0, 0.1) is 42.4 Å². The standard InChI is InChI=1S/C59H80/c1-47-41-42-56-37-20-30-49-24-11-7-3-2-6-10-23-48(49)27-14-15-29-55(56)45-46-58-39-22-36-52-33-19-35-53-34-18-32-51-25-12-8-4-5-9-13-26-54(51)43-44-57(53)38-21-31-50(52)28-16-17-40-59(47)58/h2-3,6-7,10-11,14-15,20,23-24,27,29-30,37,41-42,45-46,50-54,57H,4-5,8-9,12-13,16-19,21-22,25-26,28,31-36,38-40,43-44H2,1H3. The summed E-state index contributed by atoms with van der Waals surface area (Å²) in [5.74, 6) is 5.95. The van der Waals surface area contributed by atoms with Crippen LogP contribution < -0.4 is 0 Å². The second kappa shape index (κ2) is 24.2. The zero-order valence-corrected chi connectivity index (χ0v) is 37.3. The predicted molar refractivity (Wildman–Crippen MR) is 257 cm³/mol. The van der Waals surface area contributed by atoms with Gasteiger partial charge in [-0.15, -0.1) is 0 Å². The highest BCUT2D eigenvalue weighted by Gasteiger charge is 2.31. The van der Waals surface area contributed by atoms with Gasteiger partial charge in [0.15, 0.2) is 0 Å². The number of fused-ring (bicyclic) bond motifs is 6. The SMILES string of the molecule is Cc1ccc2cccc3ccccccccc3ccccc-2ccc2c1CCCCC1CCCC3CCC4CCCCCCCCC4CCCC3CCCC1CCC2. The molecule has 0 aliphatic heterocycles. The van der Waals surface area contributed by atoms with Gasteiger partial charge in [0.25, 0.3) is 0 Å². The third-order valence-corrected chi connectivity index (χ3v) is 15.9. The minimum Gasteiger partial charge on any atom is -0.0623 e. The molecule has 6 aliphatic carbocycles. The van der Waals surface area contributed by atoms with E-state index in [9.17, 15) is 0 Å². The van der Waals surface area contributed by atoms with Crippen LogP contribution in [-0.2, 0) is 12.8 Å². The van der Waals surface area contributed by atoms with E-state index in [1.807, 2.05) is 0 Å². The molecule has 1 aromatic carbocycles. The summed E-state index contributed by atoms with van der Waals surface area (Å²) < 4.78 is 0. The number of rotatable bonds is 0. The van der Waals surface area contributed by atoms with Crippen molar-refractivity contribution in [1.29, 1.82) is 0 Å². The Labute approximate surface area is 361 Å². The van der Waals surface area contributed by atoms with Gasteiger partial charge in [-0.2, -0.15) is 0 Å². The van der Waals surface area contributed by atoms with Crippen LogP contribution in [0.25, 0.3) is 21.9 Å². The molecule has 0 radical (unpaired) electrons. The van der Waals surface area contributed by atoms with E-state index in [0.717, 1.165) is 35.5 Å². The normalized spacial score (nSPS) is 26.3. The average molecular weight is 789 g/mol. The maximum atomic E-state index is 2.52. The van der Waals surface area contributed by atoms with Gasteiger partial charge in [0.05, 0.1) is 0 Å². The van der Waals surface area contributed by atoms with Crippen LogP contribution in [0.2, 0.25) is 0 Å². The highest BCUT2D eigenvalue weighted by molar-refractivity contribution is 5.80. The van der Waals surface area contributed by atoms with Crippen LogP contribution >= 0.6 is 0 Å². The molecule has 0 spiro atoms. The lowest BCUT2D eigenvalue weighted by Crippen LogP contribution is -2.22. The Balaban J connectivity index is 1.08. The van der Waals surface area contributed by atoms with Gasteiger partial charge in [0.1, 0.15) is 0 Å². The number of hydrogen-bond acceptors (Lipinski definition) is 0. The lowest BCUT2D eigenvalue weighted by molar-refractivity contribution is 0.180. The van der Waals surface area contributed by atoms with Gasteiger partial charge in [-0.3, -0.25) is 0 Å². The summed E-state index contributed by atoms with van der Waals surface area (Å²) >= 11 is 0. The van der Waals surface area contributed by atoms with E-state index < -0.39 is 0 Å². The second-order valence-electron chi connectivity index (χ2n) is 19.7. The van der Waals surface area contributed by atoms with Crippen LogP contribution in [0.5, 0.6) is 0 Å². The summed E-state index contributed by atoms with van der Waals surface area (Å²) in [5, 5.41) is 2.41. The van der Waals surface area contributed by atoms with Crippen molar-refractivity contribution >= 4 is 10.8 Å². The van der Waals surface area contributed by atoms with Crippen molar-refractivity contribution in [2.45, 2.75) is 174 Å². The molecule has 6 aliphatic rings. The van der Waals surface area contributed by atoms with Crippen molar-refractivity contribution in [3.8, 4) is 11.1 Å². The summed E-state index contributed by atoms with van der Waals surface area (Å²) in [6.07, 6.45) is 38.2. The van der Waals surface area contributed by atoms with Crippen molar-refractivity contribution in [3.63, 3.8) is 0 Å². The Hall–Kier alpha value is -3.38. The smallest absolute Gasteiger partial charge is 0.0184 e. The van der Waals surface area contributed by atoms with Crippen molar-refractivity contribution in [1.82, 2.24) is 0 Å². The quantitative estimate of drug-likeness (QED) is 0.213. The molecule has 0 saturated heterocycles. The fourth-order valence-corrected chi connectivity index (χ4v) is 12.4. The van der Waals surface area contributed by atoms with Gasteiger partial charge in [0.2, 0.25) is 0 Å². The topological polar surface area (TPSA) is 0 Å². The molecule has 0 amide bonds. The Kier molecular flexibility index (Phi) is 17.9. The minimum absolute atomic E-state index is 0.921. The van der Waals surface area contributed by atoms with Crippen LogP contribution in [0.1, 0.15) is 171 Å². The molecule has 0 heterocycles. The molecule has 0 heteroatoms. The summed E-state index contributed by atoms with van der Waals surface area (Å²) in [6.45, 7) is 2.38. The van der Waals surface area contributed by atoms with Crippen LogP contribution in [-0.4, -0.2) is 0 Å². The van der Waals surface area contributed by atoms with Crippen molar-refractivity contribution in [2.24, 2.45) is 35.5 Å². The van der Waals surface area contributed by atoms with Crippen LogP contribution in [0.15, 0.2) is 115 Å². The Morgan fingerprint density at radius 2 is 0.678 bits per heavy atom. The first kappa shape index (κ1) is 43.7. The zero-order valence-electron chi connectivity index (χ0n) is 37.3. The first-order valence-electron chi connectivity index (χ1n) is 25.2. The van der Waals surface area contributed by atoms with E-state index in [-0.39, 0.29) is 0 Å². The molecule has 59 heavy (non-hydrogen) atoms. The first-order valence-corrected chi connectivity index (χ1v) is 25.2. The molecule has 0 nitrogen and oxygen atoms in total. The fourth-order valence-electron chi connectivity index (χ4n) is 12.4. The molecule has 3 saturated carbocycles. The van der Waals surface area contributed by atoms with Crippen molar-refractivity contribution < 1.29 is 0 Å². The Morgan fingerprint density at radius 1 is 0.288 bits per heavy atom. The number of hydrogen-bond donors (Lipinski definition) is 0. The van der Waals surface area contributed by atoms with Gasteiger partial charge < -0.3 is 0 Å². The average Bonchev–Trinajstić information content (AvgIpc) is 3.31. The lowest BCUT2D eigenvalue weighted by atomic mass is 9.72. The molecule has 0 aromatic heterocycles. The maximum Gasteiger partial charge on any atom is -0.0184 e. The van der Waals surface area contributed by atoms with E-state index in [1.54, 1.807) is 43.2 Å². The van der Waals surface area contributed by atoms with Gasteiger partial charge >= 0.3 is 0 Å². The van der Waals surface area contributed by atoms with E-state index in [0.29, 0.717) is 0 Å². The van der Waals surface area contributed by atoms with Crippen LogP contribution in [0.3, 0.4) is 0 Å². The summed E-state index contributed by atoms with van der Waals surface area (Å²) in [6, 6.07) is 42.5. The first-order chi connectivity index (χ1) is 29.2. The van der Waals surface area contributed by atoms with Crippen LogP contribution in [0.4, 0.5) is 0 Å². The lowest BCUT2D eigenvalue weighted by Gasteiger charge is -2.33. The highest BCUT2D eigenvalue weighted by atomic mass is 14.4. The predicted octanol–water partition coefficient (Wildman–Crippen LogP) is 17.8. The third kappa shape index (κ3) is 13.6. The molecular formula is C59H80. The van der Waals surface area contributed by atoms with Gasteiger partial charge in [0, 0.05) is 0 Å². The molecular weight excluding hydrogens is 709 g/mol. The minimum atomic E-state index is 0.921. The molecule has 7 rings (SSSR count). The summed E-state index contributed by atoms with van der Waals surface area (Å²) in [4.78, 5) is 0. The summed E-state index contributed by atoms with van der Waals surface area (Å²) in [5.41, 5.74) is 7.20. The van der Waals surface area contributed by atoms with Crippen molar-refractivity contribution in [3.05, 3.63) is 132 Å². The summed E-state index contributed by atoms with van der Waals surface area (Å²) in [7, 11) is 0. The third-order valence-electron chi connectivity index (χ3n) is 15.9. The zero-order chi connectivity index (χ0) is 40.3. The van der Waals surface area contributed by atoms with E-state index in [4.69, 9.17) is 0 Å². The van der Waals surface area contributed by atoms with E-state index in [2.05, 4.69) is 122 Å². The molecule has 6 atom stereocenters. The molecule has 316 valence electrons. The molecule has 0 N–H and O–H groups in total. The van der Waals surface area contributed by atoms with E-state index >= 15 is 0 Å². The van der Waals surface area contributed by atoms with Gasteiger partial charge in [-0.25, -0.2) is 0 Å². The fraction of sp³-hybridized carbons (Fsp3) is 0.559. The highest BCUT2D eigenvalue weighted by Crippen LogP contribution is 2.43. The van der Waals surface area contributed by atoms with Gasteiger partial charge in [-0.05, 0) is 126 Å². The Bertz CT molecular complexity index is 1870. The largest absolute Gasteiger partial charge is 0.0623 e. The second-order valence-corrected chi connectivity index (χ2v) is 19.7. The molecule has 3 fully saturated rings. The molecule has 0 bridgehead atoms. The van der Waals surface area contributed by atoms with Gasteiger partial charge in [-0.1, -0.05) is 237 Å². The maximum absolute atomic E-state index is 2.52. The number of aryl methyl sites for hydroxylation is 2. The molecule has 1 aromatic rings. The van der Waals surface area contributed by atoms with Crippen molar-refractivity contribution in [2.75, 3.05) is 0 Å². The van der Waals surface area contributed by atoms with E-state index in [1.165, 1.54) is 162 Å². The Morgan fingerprint density at radius 3 is 1.25 bits per heavy atom. The monoisotopic (exact) mass is 789 g/mol.